The second-order valence-corrected chi connectivity index (χ2v) is 4.73. The van der Waals surface area contributed by atoms with Crippen molar-refractivity contribution in [3.8, 4) is 12.3 Å². The normalized spacial score (nSPS) is 10.4. The molecule has 0 saturated carbocycles. The largest absolute Gasteiger partial charge is 0.346 e. The molecule has 0 saturated heterocycles. The van der Waals surface area contributed by atoms with Crippen molar-refractivity contribution >= 4 is 5.82 Å². The van der Waals surface area contributed by atoms with E-state index in [0.29, 0.717) is 12.5 Å². The van der Waals surface area contributed by atoms with Gasteiger partial charge in [-0.05, 0) is 31.5 Å². The Balaban J connectivity index is 2.64. The summed E-state index contributed by atoms with van der Waals surface area (Å²) < 4.78 is 0. The van der Waals surface area contributed by atoms with E-state index in [1.807, 2.05) is 18.2 Å². The van der Waals surface area contributed by atoms with Crippen LogP contribution in [-0.2, 0) is 6.54 Å². The molecular formula is C15H23N3. The third-order valence-electron chi connectivity index (χ3n) is 2.64. The number of nitrogens with one attached hydrogen (secondary N) is 1. The SMILES string of the molecule is C#CCN(CC)c1cccc(CNCC(C)C)n1. The lowest BCUT2D eigenvalue weighted by Gasteiger charge is -2.19. The molecule has 1 aromatic rings. The third kappa shape index (κ3) is 4.77. The Bertz CT molecular complexity index is 393. The first kappa shape index (κ1) is 14.5. The maximum absolute atomic E-state index is 5.36. The highest BCUT2D eigenvalue weighted by Gasteiger charge is 2.05. The molecule has 0 fully saturated rings. The van der Waals surface area contributed by atoms with Gasteiger partial charge in [0.2, 0.25) is 0 Å². The molecule has 0 radical (unpaired) electrons. The van der Waals surface area contributed by atoms with Crippen molar-refractivity contribution in [3.63, 3.8) is 0 Å². The van der Waals surface area contributed by atoms with Gasteiger partial charge in [0, 0.05) is 13.1 Å². The van der Waals surface area contributed by atoms with Gasteiger partial charge >= 0.3 is 0 Å². The number of rotatable bonds is 7. The molecule has 0 atom stereocenters. The molecule has 0 amide bonds. The van der Waals surface area contributed by atoms with Crippen LogP contribution in [0.15, 0.2) is 18.2 Å². The Morgan fingerprint density at radius 1 is 1.44 bits per heavy atom. The minimum Gasteiger partial charge on any atom is -0.346 e. The van der Waals surface area contributed by atoms with Crippen LogP contribution in [0.25, 0.3) is 0 Å². The number of hydrogen-bond acceptors (Lipinski definition) is 3. The van der Waals surface area contributed by atoms with E-state index in [-0.39, 0.29) is 0 Å². The second kappa shape index (κ2) is 7.73. The van der Waals surface area contributed by atoms with Crippen LogP contribution in [0.2, 0.25) is 0 Å². The van der Waals surface area contributed by atoms with Crippen LogP contribution >= 0.6 is 0 Å². The van der Waals surface area contributed by atoms with Gasteiger partial charge in [0.25, 0.3) is 0 Å². The van der Waals surface area contributed by atoms with E-state index < -0.39 is 0 Å². The van der Waals surface area contributed by atoms with Crippen molar-refractivity contribution in [2.24, 2.45) is 5.92 Å². The Morgan fingerprint density at radius 3 is 2.83 bits per heavy atom. The zero-order valence-corrected chi connectivity index (χ0v) is 11.6. The quantitative estimate of drug-likeness (QED) is 0.747. The van der Waals surface area contributed by atoms with Gasteiger partial charge < -0.3 is 10.2 Å². The number of aromatic nitrogens is 1. The lowest BCUT2D eigenvalue weighted by molar-refractivity contribution is 0.548. The lowest BCUT2D eigenvalue weighted by atomic mass is 10.2. The van der Waals surface area contributed by atoms with Crippen LogP contribution in [0.5, 0.6) is 0 Å². The van der Waals surface area contributed by atoms with E-state index in [0.717, 1.165) is 31.1 Å². The summed E-state index contributed by atoms with van der Waals surface area (Å²) >= 11 is 0. The molecular weight excluding hydrogens is 222 g/mol. The maximum Gasteiger partial charge on any atom is 0.129 e. The number of hydrogen-bond donors (Lipinski definition) is 1. The van der Waals surface area contributed by atoms with E-state index in [1.165, 1.54) is 0 Å². The molecule has 0 aliphatic rings. The standard InChI is InChI=1S/C15H23N3/c1-5-10-18(6-2)15-9-7-8-14(17-15)12-16-11-13(3)4/h1,7-9,13,16H,6,10-12H2,2-4H3. The topological polar surface area (TPSA) is 28.2 Å². The molecule has 0 aromatic carbocycles. The average molecular weight is 245 g/mol. The van der Waals surface area contributed by atoms with Gasteiger partial charge in [-0.1, -0.05) is 25.8 Å². The lowest BCUT2D eigenvalue weighted by Crippen LogP contribution is -2.25. The fraction of sp³-hybridized carbons (Fsp3) is 0.533. The monoisotopic (exact) mass is 245 g/mol. The van der Waals surface area contributed by atoms with Crippen LogP contribution in [0, 0.1) is 18.3 Å². The number of anilines is 1. The van der Waals surface area contributed by atoms with Crippen LogP contribution in [0.3, 0.4) is 0 Å². The summed E-state index contributed by atoms with van der Waals surface area (Å²) in [6.07, 6.45) is 5.36. The summed E-state index contributed by atoms with van der Waals surface area (Å²) in [4.78, 5) is 6.72. The predicted octanol–water partition coefficient (Wildman–Crippen LogP) is 2.29. The van der Waals surface area contributed by atoms with Gasteiger partial charge in [-0.3, -0.25) is 0 Å². The van der Waals surface area contributed by atoms with E-state index in [9.17, 15) is 0 Å². The van der Waals surface area contributed by atoms with Crippen LogP contribution in [0.4, 0.5) is 5.82 Å². The summed E-state index contributed by atoms with van der Waals surface area (Å²) in [6.45, 7) is 9.77. The van der Waals surface area contributed by atoms with Gasteiger partial charge in [0.05, 0.1) is 12.2 Å². The smallest absolute Gasteiger partial charge is 0.129 e. The zero-order valence-electron chi connectivity index (χ0n) is 11.6. The number of pyridine rings is 1. The van der Waals surface area contributed by atoms with Gasteiger partial charge in [-0.25, -0.2) is 4.98 Å². The predicted molar refractivity (Wildman–Crippen MR) is 77.5 cm³/mol. The summed E-state index contributed by atoms with van der Waals surface area (Å²) in [5.74, 6) is 4.28. The minimum absolute atomic E-state index is 0.604. The van der Waals surface area contributed by atoms with E-state index in [1.54, 1.807) is 0 Å². The molecule has 0 unspecified atom stereocenters. The Labute approximate surface area is 111 Å². The molecule has 0 bridgehead atoms. The average Bonchev–Trinajstić information content (AvgIpc) is 2.36. The third-order valence-corrected chi connectivity index (χ3v) is 2.64. The molecule has 1 N–H and O–H groups in total. The molecule has 18 heavy (non-hydrogen) atoms. The number of terminal acetylenes is 1. The molecule has 3 heteroatoms. The van der Waals surface area contributed by atoms with Crippen molar-refractivity contribution in [2.75, 3.05) is 24.5 Å². The summed E-state index contributed by atoms with van der Waals surface area (Å²) in [7, 11) is 0. The zero-order chi connectivity index (χ0) is 13.4. The summed E-state index contributed by atoms with van der Waals surface area (Å²) in [5, 5.41) is 3.40. The van der Waals surface area contributed by atoms with Crippen molar-refractivity contribution in [2.45, 2.75) is 27.3 Å². The van der Waals surface area contributed by atoms with Crippen molar-refractivity contribution in [1.29, 1.82) is 0 Å². The molecule has 0 aliphatic heterocycles. The molecule has 0 aliphatic carbocycles. The highest BCUT2D eigenvalue weighted by Crippen LogP contribution is 2.10. The molecule has 98 valence electrons. The highest BCUT2D eigenvalue weighted by molar-refractivity contribution is 5.40. The highest BCUT2D eigenvalue weighted by atomic mass is 15.2. The summed E-state index contributed by atoms with van der Waals surface area (Å²) in [5.41, 5.74) is 1.06. The van der Waals surface area contributed by atoms with Crippen molar-refractivity contribution in [1.82, 2.24) is 10.3 Å². The van der Waals surface area contributed by atoms with Crippen LogP contribution < -0.4 is 10.2 Å². The Morgan fingerprint density at radius 2 is 2.22 bits per heavy atom. The molecule has 3 nitrogen and oxygen atoms in total. The van der Waals surface area contributed by atoms with E-state index >= 15 is 0 Å². The Hall–Kier alpha value is -1.53. The van der Waals surface area contributed by atoms with Gasteiger partial charge in [-0.2, -0.15) is 0 Å². The van der Waals surface area contributed by atoms with Gasteiger partial charge in [-0.15, -0.1) is 6.42 Å². The van der Waals surface area contributed by atoms with Crippen molar-refractivity contribution < 1.29 is 0 Å². The van der Waals surface area contributed by atoms with E-state index in [4.69, 9.17) is 6.42 Å². The van der Waals surface area contributed by atoms with Crippen molar-refractivity contribution in [3.05, 3.63) is 23.9 Å². The van der Waals surface area contributed by atoms with Gasteiger partial charge in [0.15, 0.2) is 0 Å². The fourth-order valence-electron chi connectivity index (χ4n) is 1.70. The first-order valence-corrected chi connectivity index (χ1v) is 6.52. The summed E-state index contributed by atoms with van der Waals surface area (Å²) in [6, 6.07) is 6.08. The molecule has 1 rings (SSSR count). The van der Waals surface area contributed by atoms with Crippen LogP contribution in [0.1, 0.15) is 26.5 Å². The number of nitrogens with zero attached hydrogens (tertiary/aromatic N) is 2. The molecule has 0 spiro atoms. The Kier molecular flexibility index (Phi) is 6.24. The molecule has 1 heterocycles. The van der Waals surface area contributed by atoms with Gasteiger partial charge in [0.1, 0.15) is 5.82 Å². The molecule has 1 aromatic heterocycles. The minimum atomic E-state index is 0.604. The fourth-order valence-corrected chi connectivity index (χ4v) is 1.70. The second-order valence-electron chi connectivity index (χ2n) is 4.73. The van der Waals surface area contributed by atoms with E-state index in [2.05, 4.69) is 41.9 Å². The van der Waals surface area contributed by atoms with Crippen LogP contribution in [-0.4, -0.2) is 24.6 Å². The first-order chi connectivity index (χ1) is 8.67. The maximum atomic E-state index is 5.36. The first-order valence-electron chi connectivity index (χ1n) is 6.52.